The molecule has 1 saturated carbocycles. The van der Waals surface area contributed by atoms with Crippen molar-refractivity contribution in [2.75, 3.05) is 30.1 Å². The average molecular weight is 681 g/mol. The summed E-state index contributed by atoms with van der Waals surface area (Å²) in [6.07, 6.45) is 4.06. The zero-order valence-electron chi connectivity index (χ0n) is 24.8. The van der Waals surface area contributed by atoms with Gasteiger partial charge in [0.1, 0.15) is 11.6 Å². The summed E-state index contributed by atoms with van der Waals surface area (Å²) in [5, 5.41) is 7.71. The van der Waals surface area contributed by atoms with Crippen molar-refractivity contribution in [2.45, 2.75) is 56.4 Å². The Kier molecular flexibility index (Phi) is 7.98. The number of benzene rings is 1. The SMILES string of the molecule is C[C@H](c1ccc(N2C[C@H](N(C)S(C)(=O)=O)[C@H]2C)c2cnc(Nc3ccnc(-c4cn(S(=O)(=O)C5CC5)nc4Cl)n3)cc12)C(F)F. The monoisotopic (exact) mass is 680 g/mol. The summed E-state index contributed by atoms with van der Waals surface area (Å²) in [5.74, 6) is -0.288. The maximum atomic E-state index is 13.9. The molecule has 3 atom stereocenters. The number of sulfonamides is 1. The summed E-state index contributed by atoms with van der Waals surface area (Å²) < 4.78 is 79.5. The van der Waals surface area contributed by atoms with Crippen LogP contribution < -0.4 is 10.2 Å². The second-order valence-electron chi connectivity index (χ2n) is 11.5. The lowest BCUT2D eigenvalue weighted by molar-refractivity contribution is 0.121. The molecule has 17 heteroatoms. The van der Waals surface area contributed by atoms with Crippen LogP contribution in [0.5, 0.6) is 0 Å². The number of halogens is 3. The van der Waals surface area contributed by atoms with Gasteiger partial charge in [0, 0.05) is 49.0 Å². The Labute approximate surface area is 264 Å². The number of fused-ring (bicyclic) bond motifs is 1. The minimum atomic E-state index is -3.64. The molecule has 1 N–H and O–H groups in total. The van der Waals surface area contributed by atoms with Gasteiger partial charge in [-0.15, -0.1) is 5.10 Å². The molecule has 3 aromatic heterocycles. The van der Waals surface area contributed by atoms with Crippen LogP contribution in [-0.4, -0.2) is 88.9 Å². The third-order valence-corrected chi connectivity index (χ3v) is 12.1. The lowest BCUT2D eigenvalue weighted by Crippen LogP contribution is -2.65. The summed E-state index contributed by atoms with van der Waals surface area (Å²) in [7, 11) is -5.48. The highest BCUT2D eigenvalue weighted by Gasteiger charge is 2.42. The molecule has 1 aromatic carbocycles. The quantitative estimate of drug-likeness (QED) is 0.255. The maximum absolute atomic E-state index is 13.9. The maximum Gasteiger partial charge on any atom is 0.256 e. The van der Waals surface area contributed by atoms with Crippen LogP contribution >= 0.6 is 11.6 Å². The van der Waals surface area contributed by atoms with Gasteiger partial charge in [-0.2, -0.15) is 8.39 Å². The van der Waals surface area contributed by atoms with Crippen LogP contribution in [0.3, 0.4) is 0 Å². The number of alkyl halides is 2. The predicted molar refractivity (Wildman–Crippen MR) is 168 cm³/mol. The molecule has 45 heavy (non-hydrogen) atoms. The Balaban J connectivity index is 1.32. The van der Waals surface area contributed by atoms with Crippen molar-refractivity contribution in [1.82, 2.24) is 28.4 Å². The fraction of sp³-hybridized carbons (Fsp3) is 0.429. The van der Waals surface area contributed by atoms with Gasteiger partial charge in [0.25, 0.3) is 10.0 Å². The Morgan fingerprint density at radius 2 is 1.82 bits per heavy atom. The number of anilines is 3. The third kappa shape index (κ3) is 5.84. The molecule has 4 aromatic rings. The summed E-state index contributed by atoms with van der Waals surface area (Å²) >= 11 is 6.27. The van der Waals surface area contributed by atoms with Crippen LogP contribution in [0.15, 0.2) is 42.9 Å². The average Bonchev–Trinajstić information content (AvgIpc) is 3.77. The standard InChI is InChI=1S/C28H31ClF2N8O4S2/c1-15(27(30)31)18-7-8-22(38-14-23(16(38)2)37(3)44(4,40)41)20-12-33-25(11-19(18)20)34-24-9-10-32-28(35-24)21-13-39(36-26(21)29)45(42,43)17-5-6-17/h7-13,15-17,23,27H,5-6,14H2,1-4H3,(H,32,33,34,35)/t15-,16-,23+/m1/s1. The highest BCUT2D eigenvalue weighted by atomic mass is 35.5. The van der Waals surface area contributed by atoms with E-state index in [9.17, 15) is 25.6 Å². The zero-order chi connectivity index (χ0) is 32.4. The normalized spacial score (nSPS) is 19.7. The molecule has 6 rings (SSSR count). The van der Waals surface area contributed by atoms with Gasteiger partial charge in [0.2, 0.25) is 16.4 Å². The van der Waals surface area contributed by atoms with Gasteiger partial charge < -0.3 is 10.2 Å². The van der Waals surface area contributed by atoms with Crippen LogP contribution in [0.1, 0.15) is 38.2 Å². The van der Waals surface area contributed by atoms with E-state index >= 15 is 0 Å². The van der Waals surface area contributed by atoms with Gasteiger partial charge in [-0.1, -0.05) is 24.6 Å². The number of aromatic nitrogens is 5. The lowest BCUT2D eigenvalue weighted by Gasteiger charge is -2.51. The first-order valence-electron chi connectivity index (χ1n) is 14.2. The zero-order valence-corrected chi connectivity index (χ0v) is 27.2. The molecule has 4 heterocycles. The van der Waals surface area contributed by atoms with E-state index in [-0.39, 0.29) is 28.6 Å². The van der Waals surface area contributed by atoms with E-state index in [1.54, 1.807) is 37.5 Å². The highest BCUT2D eigenvalue weighted by Crippen LogP contribution is 2.40. The Bertz CT molecular complexity index is 2010. The van der Waals surface area contributed by atoms with E-state index in [2.05, 4.69) is 25.4 Å². The fourth-order valence-electron chi connectivity index (χ4n) is 5.49. The summed E-state index contributed by atoms with van der Waals surface area (Å²) in [5.41, 5.74) is 1.43. The Morgan fingerprint density at radius 3 is 2.47 bits per heavy atom. The largest absolute Gasteiger partial charge is 0.365 e. The van der Waals surface area contributed by atoms with E-state index in [4.69, 9.17) is 11.6 Å². The fourth-order valence-corrected chi connectivity index (χ4v) is 7.97. The summed E-state index contributed by atoms with van der Waals surface area (Å²) in [6.45, 7) is 3.82. The molecular weight excluding hydrogens is 650 g/mol. The molecule has 1 aliphatic heterocycles. The molecule has 2 aliphatic rings. The molecule has 0 amide bonds. The van der Waals surface area contributed by atoms with Gasteiger partial charge in [0.05, 0.1) is 29.3 Å². The highest BCUT2D eigenvalue weighted by molar-refractivity contribution is 7.90. The van der Waals surface area contributed by atoms with Gasteiger partial charge in [-0.05, 0) is 48.9 Å². The van der Waals surface area contributed by atoms with Gasteiger partial charge in [-0.3, -0.25) is 0 Å². The van der Waals surface area contributed by atoms with Crippen molar-refractivity contribution >= 4 is 59.7 Å². The number of nitrogens with one attached hydrogen (secondary N) is 1. The number of hydrogen-bond acceptors (Lipinski definition) is 10. The minimum Gasteiger partial charge on any atom is -0.365 e. The molecule has 0 radical (unpaired) electrons. The predicted octanol–water partition coefficient (Wildman–Crippen LogP) is 4.46. The van der Waals surface area contributed by atoms with Crippen molar-refractivity contribution in [3.8, 4) is 11.4 Å². The third-order valence-electron chi connectivity index (χ3n) is 8.52. The molecule has 1 aliphatic carbocycles. The van der Waals surface area contributed by atoms with Crippen molar-refractivity contribution in [1.29, 1.82) is 0 Å². The lowest BCUT2D eigenvalue weighted by atomic mass is 9.91. The van der Waals surface area contributed by atoms with Crippen molar-refractivity contribution in [3.63, 3.8) is 0 Å². The van der Waals surface area contributed by atoms with Crippen LogP contribution in [0.4, 0.5) is 26.1 Å². The van der Waals surface area contributed by atoms with Crippen molar-refractivity contribution in [3.05, 3.63) is 53.6 Å². The van der Waals surface area contributed by atoms with Crippen LogP contribution in [0.2, 0.25) is 5.15 Å². The Hall–Kier alpha value is -3.47. The van der Waals surface area contributed by atoms with Gasteiger partial charge in [-0.25, -0.2) is 40.6 Å². The summed E-state index contributed by atoms with van der Waals surface area (Å²) in [6, 6.07) is 6.32. The molecule has 1 saturated heterocycles. The van der Waals surface area contributed by atoms with Gasteiger partial charge >= 0.3 is 0 Å². The van der Waals surface area contributed by atoms with Crippen LogP contribution in [-0.2, 0) is 20.0 Å². The Morgan fingerprint density at radius 1 is 1.09 bits per heavy atom. The van der Waals surface area contributed by atoms with Crippen LogP contribution in [0.25, 0.3) is 22.2 Å². The van der Waals surface area contributed by atoms with Crippen LogP contribution in [0, 0.1) is 0 Å². The molecule has 240 valence electrons. The molecule has 2 fully saturated rings. The number of pyridine rings is 1. The van der Waals surface area contributed by atoms with Crippen molar-refractivity contribution < 1.29 is 25.6 Å². The van der Waals surface area contributed by atoms with E-state index in [1.807, 2.05) is 11.8 Å². The first-order valence-corrected chi connectivity index (χ1v) is 17.9. The molecule has 12 nitrogen and oxygen atoms in total. The number of nitrogens with zero attached hydrogens (tertiary/aromatic N) is 7. The molecule has 0 unspecified atom stereocenters. The smallest absolute Gasteiger partial charge is 0.256 e. The topological polar surface area (TPSA) is 143 Å². The van der Waals surface area contributed by atoms with E-state index in [0.29, 0.717) is 47.4 Å². The second-order valence-corrected chi connectivity index (χ2v) is 16.0. The number of likely N-dealkylation sites (N-methyl/N-ethyl adjacent to an activating group) is 1. The van der Waals surface area contributed by atoms with E-state index < -0.39 is 37.6 Å². The molecule has 0 spiro atoms. The van der Waals surface area contributed by atoms with Crippen molar-refractivity contribution in [2.24, 2.45) is 0 Å². The molecule has 0 bridgehead atoms. The first-order chi connectivity index (χ1) is 21.2. The number of rotatable bonds is 10. The molecular formula is C28H31ClF2N8O4S2. The van der Waals surface area contributed by atoms with Gasteiger partial charge in [0.15, 0.2) is 11.0 Å². The first kappa shape index (κ1) is 31.5. The number of hydrogen-bond donors (Lipinski definition) is 1. The van der Waals surface area contributed by atoms with E-state index in [0.717, 1.165) is 9.77 Å². The minimum absolute atomic E-state index is 0.0662. The second kappa shape index (κ2) is 11.4. The van der Waals surface area contributed by atoms with E-state index in [1.165, 1.54) is 29.9 Å². The summed E-state index contributed by atoms with van der Waals surface area (Å²) in [4.78, 5) is 15.3.